The summed E-state index contributed by atoms with van der Waals surface area (Å²) in [6, 6.07) is 0. The molecule has 0 fully saturated rings. The Kier molecular flexibility index (Phi) is 9.13. The molecular weight excluding hydrogens is 240 g/mol. The Bertz CT molecular complexity index is 221. The minimum Gasteiger partial charge on any atom is -0.443 e. The van der Waals surface area contributed by atoms with Crippen LogP contribution in [0.1, 0.15) is 39.0 Å². The van der Waals surface area contributed by atoms with Crippen molar-refractivity contribution in [2.45, 2.75) is 69.5 Å². The third kappa shape index (κ3) is 9.49. The van der Waals surface area contributed by atoms with E-state index in [9.17, 15) is 20.1 Å². The van der Waals surface area contributed by atoms with Crippen molar-refractivity contribution in [3.05, 3.63) is 0 Å². The molecule has 0 saturated carbocycles. The first-order valence-electron chi connectivity index (χ1n) is 6.22. The molecule has 0 bridgehead atoms. The summed E-state index contributed by atoms with van der Waals surface area (Å²) in [5, 5.41) is 45.2. The van der Waals surface area contributed by atoms with Gasteiger partial charge in [0.25, 0.3) is 0 Å². The summed E-state index contributed by atoms with van der Waals surface area (Å²) in [5.41, 5.74) is 0. The lowest BCUT2D eigenvalue weighted by molar-refractivity contribution is -0.109. The van der Waals surface area contributed by atoms with E-state index >= 15 is 0 Å². The Morgan fingerprint density at radius 2 is 1.39 bits per heavy atom. The van der Waals surface area contributed by atoms with Crippen LogP contribution in [0.5, 0.6) is 0 Å². The number of carbonyl (C=O) groups is 1. The van der Waals surface area contributed by atoms with Crippen LogP contribution in [0.3, 0.4) is 0 Å². The second kappa shape index (κ2) is 9.41. The van der Waals surface area contributed by atoms with Gasteiger partial charge in [0.1, 0.15) is 6.29 Å². The fourth-order valence-corrected chi connectivity index (χ4v) is 1.85. The van der Waals surface area contributed by atoms with E-state index in [0.29, 0.717) is 6.29 Å². The van der Waals surface area contributed by atoms with Gasteiger partial charge in [-0.05, 0) is 26.2 Å². The molecule has 5 atom stereocenters. The average Bonchev–Trinajstić information content (AvgIpc) is 2.14. The highest BCUT2D eigenvalue weighted by molar-refractivity contribution is 5.49. The smallest absolute Gasteiger partial charge is 0.162 e. The lowest BCUT2D eigenvalue weighted by Gasteiger charge is -2.19. The molecule has 108 valence electrons. The van der Waals surface area contributed by atoms with Gasteiger partial charge in [-0.2, -0.15) is 0 Å². The van der Waals surface area contributed by atoms with E-state index in [1.54, 1.807) is 6.92 Å². The van der Waals surface area contributed by atoms with Crippen LogP contribution in [-0.2, 0) is 4.79 Å². The summed E-state index contributed by atoms with van der Waals surface area (Å²) in [5.74, 6) is 0. The highest BCUT2D eigenvalue weighted by Crippen LogP contribution is 2.13. The summed E-state index contributed by atoms with van der Waals surface area (Å²) in [7, 11) is 0. The molecule has 0 aliphatic rings. The van der Waals surface area contributed by atoms with E-state index in [4.69, 9.17) is 10.2 Å². The summed E-state index contributed by atoms with van der Waals surface area (Å²) in [4.78, 5) is 10.2. The molecule has 6 N–H and O–H groups in total. The molecular formula is C12H25O6+. The van der Waals surface area contributed by atoms with Crippen molar-refractivity contribution in [1.82, 2.24) is 0 Å². The van der Waals surface area contributed by atoms with Crippen molar-refractivity contribution in [3.8, 4) is 0 Å². The number of rotatable bonds is 10. The molecule has 6 nitrogen and oxygen atoms in total. The summed E-state index contributed by atoms with van der Waals surface area (Å²) >= 11 is 0. The molecule has 0 radical (unpaired) electrons. The zero-order valence-electron chi connectivity index (χ0n) is 10.7. The van der Waals surface area contributed by atoms with Crippen LogP contribution >= 0.6 is 0 Å². The first kappa shape index (κ1) is 17.5. The highest BCUT2D eigenvalue weighted by atomic mass is 16.3. The Morgan fingerprint density at radius 3 is 1.83 bits per heavy atom. The van der Waals surface area contributed by atoms with Gasteiger partial charge in [0.05, 0.1) is 30.8 Å². The third-order valence-corrected chi connectivity index (χ3v) is 2.64. The van der Waals surface area contributed by atoms with Gasteiger partial charge >= 0.3 is 0 Å². The average molecular weight is 265 g/mol. The van der Waals surface area contributed by atoms with Gasteiger partial charge in [0.2, 0.25) is 0 Å². The van der Waals surface area contributed by atoms with Crippen molar-refractivity contribution >= 4 is 6.29 Å². The second-order valence-corrected chi connectivity index (χ2v) is 4.85. The fraction of sp³-hybridized carbons (Fsp3) is 0.917. The second-order valence-electron chi connectivity index (χ2n) is 4.85. The van der Waals surface area contributed by atoms with Crippen molar-refractivity contribution in [3.63, 3.8) is 0 Å². The number of aldehydes is 1. The SMILES string of the molecule is CC(O)CC(O)CC(O)CC(O)CC([OH2+])CC=O. The molecule has 0 aliphatic heterocycles. The third-order valence-electron chi connectivity index (χ3n) is 2.64. The number of aliphatic hydroxyl groups excluding tert-OH is 4. The van der Waals surface area contributed by atoms with E-state index in [2.05, 4.69) is 0 Å². The normalized spacial score (nSPS) is 19.9. The Hall–Kier alpha value is -0.530. The monoisotopic (exact) mass is 265 g/mol. The molecule has 0 saturated heterocycles. The Balaban J connectivity index is 3.85. The molecule has 0 amide bonds. The molecule has 18 heavy (non-hydrogen) atoms. The number of hydrogen-bond donors (Lipinski definition) is 4. The van der Waals surface area contributed by atoms with Gasteiger partial charge in [0, 0.05) is 6.42 Å². The molecule has 0 rings (SSSR count). The largest absolute Gasteiger partial charge is 0.443 e. The highest BCUT2D eigenvalue weighted by Gasteiger charge is 2.20. The Labute approximate surface area is 107 Å². The molecule has 6 heteroatoms. The fourth-order valence-electron chi connectivity index (χ4n) is 1.85. The van der Waals surface area contributed by atoms with Crippen molar-refractivity contribution in [2.75, 3.05) is 0 Å². The quantitative estimate of drug-likeness (QED) is 0.289. The molecule has 5 unspecified atom stereocenters. The summed E-state index contributed by atoms with van der Waals surface area (Å²) in [6.45, 7) is 1.55. The van der Waals surface area contributed by atoms with Crippen LogP contribution in [0.15, 0.2) is 0 Å². The van der Waals surface area contributed by atoms with E-state index in [0.717, 1.165) is 0 Å². The molecule has 0 aliphatic carbocycles. The van der Waals surface area contributed by atoms with Crippen LogP contribution in [-0.4, -0.2) is 62.3 Å². The Morgan fingerprint density at radius 1 is 0.944 bits per heavy atom. The molecule has 0 aromatic rings. The first-order valence-corrected chi connectivity index (χ1v) is 6.22. The van der Waals surface area contributed by atoms with Crippen LogP contribution in [0, 0.1) is 0 Å². The molecule has 0 aromatic carbocycles. The van der Waals surface area contributed by atoms with Gasteiger partial charge in [-0.25, -0.2) is 0 Å². The number of aliphatic hydroxyl groups is 4. The van der Waals surface area contributed by atoms with Gasteiger partial charge in [-0.15, -0.1) is 0 Å². The predicted octanol–water partition coefficient (Wildman–Crippen LogP) is -1.31. The van der Waals surface area contributed by atoms with Crippen LogP contribution in [0.25, 0.3) is 0 Å². The topological polar surface area (TPSA) is 121 Å². The van der Waals surface area contributed by atoms with Crippen molar-refractivity contribution < 1.29 is 30.3 Å². The zero-order chi connectivity index (χ0) is 14.1. The van der Waals surface area contributed by atoms with E-state index in [1.165, 1.54) is 0 Å². The molecule has 0 aromatic heterocycles. The number of hydrogen-bond acceptors (Lipinski definition) is 5. The van der Waals surface area contributed by atoms with E-state index in [-0.39, 0.29) is 32.1 Å². The minimum atomic E-state index is -0.878. The maximum absolute atomic E-state index is 10.2. The molecule has 0 spiro atoms. The van der Waals surface area contributed by atoms with Crippen LogP contribution in [0.2, 0.25) is 0 Å². The summed E-state index contributed by atoms with van der Waals surface area (Å²) < 4.78 is 0. The standard InChI is InChI=1S/C12H24O6/c1-8(14)4-10(16)6-12(18)7-11(17)5-9(15)2-3-13/h3,8-12,14-18H,2,4-7H2,1H3/p+1. The number of carbonyl (C=O) groups excluding carboxylic acids is 1. The minimum absolute atomic E-state index is 0.0606. The zero-order valence-corrected chi connectivity index (χ0v) is 10.7. The van der Waals surface area contributed by atoms with Gasteiger partial charge in [-0.3, -0.25) is 0 Å². The van der Waals surface area contributed by atoms with E-state index in [1.807, 2.05) is 0 Å². The summed E-state index contributed by atoms with van der Waals surface area (Å²) in [6.07, 6.45) is -2.70. The maximum atomic E-state index is 10.2. The lowest BCUT2D eigenvalue weighted by atomic mass is 9.99. The van der Waals surface area contributed by atoms with Gasteiger partial charge in [-0.1, -0.05) is 0 Å². The predicted molar refractivity (Wildman–Crippen MR) is 66.3 cm³/mol. The molecule has 0 heterocycles. The van der Waals surface area contributed by atoms with Gasteiger partial charge < -0.3 is 30.3 Å². The van der Waals surface area contributed by atoms with Crippen molar-refractivity contribution in [1.29, 1.82) is 0 Å². The van der Waals surface area contributed by atoms with Crippen molar-refractivity contribution in [2.24, 2.45) is 0 Å². The van der Waals surface area contributed by atoms with Gasteiger partial charge in [0.15, 0.2) is 6.10 Å². The maximum Gasteiger partial charge on any atom is 0.162 e. The van der Waals surface area contributed by atoms with Crippen LogP contribution < -0.4 is 0 Å². The van der Waals surface area contributed by atoms with E-state index < -0.39 is 30.5 Å². The lowest BCUT2D eigenvalue weighted by Crippen LogP contribution is -2.27. The first-order chi connectivity index (χ1) is 8.35. The van der Waals surface area contributed by atoms with Crippen LogP contribution in [0.4, 0.5) is 0 Å².